The number of amides is 1. The summed E-state index contributed by atoms with van der Waals surface area (Å²) in [5, 5.41) is 10.1. The summed E-state index contributed by atoms with van der Waals surface area (Å²) in [5.41, 5.74) is -0.411. The number of hydrogen-bond donors (Lipinski definition) is 1. The molecular weight excluding hydrogens is 228 g/mol. The van der Waals surface area contributed by atoms with Crippen LogP contribution in [0.4, 0.5) is 0 Å². The Morgan fingerprint density at radius 3 is 2.56 bits per heavy atom. The van der Waals surface area contributed by atoms with Crippen molar-refractivity contribution in [1.82, 2.24) is 9.80 Å². The van der Waals surface area contributed by atoms with Crippen molar-refractivity contribution in [2.45, 2.75) is 51.2 Å². The number of aliphatic hydroxyl groups is 1. The third-order valence-electron chi connectivity index (χ3n) is 4.61. The van der Waals surface area contributed by atoms with Gasteiger partial charge in [-0.3, -0.25) is 4.79 Å². The normalized spacial score (nSPS) is 33.4. The molecule has 0 bridgehead atoms. The van der Waals surface area contributed by atoms with Crippen molar-refractivity contribution in [3.8, 4) is 0 Å². The quantitative estimate of drug-likeness (QED) is 0.762. The summed E-state index contributed by atoms with van der Waals surface area (Å²) < 4.78 is 0. The molecule has 0 aromatic rings. The second-order valence-electron chi connectivity index (χ2n) is 6.40. The zero-order valence-electron chi connectivity index (χ0n) is 11.9. The molecule has 2 atom stereocenters. The van der Waals surface area contributed by atoms with E-state index in [1.807, 2.05) is 18.7 Å². The van der Waals surface area contributed by atoms with Crippen molar-refractivity contribution >= 4 is 5.91 Å². The Hall–Kier alpha value is -0.610. The summed E-state index contributed by atoms with van der Waals surface area (Å²) >= 11 is 0. The molecule has 18 heavy (non-hydrogen) atoms. The fourth-order valence-electron chi connectivity index (χ4n) is 3.25. The zero-order chi connectivity index (χ0) is 13.3. The number of hydrogen-bond acceptors (Lipinski definition) is 3. The molecule has 2 heterocycles. The van der Waals surface area contributed by atoms with Gasteiger partial charge in [0.15, 0.2) is 0 Å². The molecule has 1 N–H and O–H groups in total. The summed E-state index contributed by atoms with van der Waals surface area (Å²) in [5.74, 6) is 0.360. The highest BCUT2D eigenvalue weighted by molar-refractivity contribution is 5.80. The standard InChI is InChI=1S/C14H26N2O2/c1-14(2)12(17)7-5-9-16(14)13(18)11-6-4-8-15(3)10-11/h11-12,17H,4-10H2,1-3H3. The van der Waals surface area contributed by atoms with Crippen LogP contribution in [-0.2, 0) is 4.79 Å². The van der Waals surface area contributed by atoms with Crippen LogP contribution in [0, 0.1) is 5.92 Å². The minimum Gasteiger partial charge on any atom is -0.391 e. The number of nitrogens with zero attached hydrogens (tertiary/aromatic N) is 2. The predicted octanol–water partition coefficient (Wildman–Crippen LogP) is 1.09. The Labute approximate surface area is 110 Å². The summed E-state index contributed by atoms with van der Waals surface area (Å²) in [6.45, 7) is 6.73. The van der Waals surface area contributed by atoms with Gasteiger partial charge >= 0.3 is 0 Å². The van der Waals surface area contributed by atoms with Crippen molar-refractivity contribution in [2.24, 2.45) is 5.92 Å². The molecule has 0 spiro atoms. The van der Waals surface area contributed by atoms with Crippen molar-refractivity contribution in [1.29, 1.82) is 0 Å². The van der Waals surface area contributed by atoms with Gasteiger partial charge in [-0.1, -0.05) is 0 Å². The highest BCUT2D eigenvalue weighted by Crippen LogP contribution is 2.30. The molecule has 2 unspecified atom stereocenters. The fourth-order valence-corrected chi connectivity index (χ4v) is 3.25. The van der Waals surface area contributed by atoms with Gasteiger partial charge in [0, 0.05) is 13.1 Å². The van der Waals surface area contributed by atoms with Gasteiger partial charge in [-0.05, 0) is 53.1 Å². The average molecular weight is 254 g/mol. The maximum Gasteiger partial charge on any atom is 0.227 e. The molecule has 0 aromatic heterocycles. The fraction of sp³-hybridized carbons (Fsp3) is 0.929. The molecule has 2 rings (SSSR count). The van der Waals surface area contributed by atoms with E-state index < -0.39 is 11.6 Å². The first-order valence-corrected chi connectivity index (χ1v) is 7.11. The lowest BCUT2D eigenvalue weighted by Crippen LogP contribution is -2.60. The van der Waals surface area contributed by atoms with Crippen LogP contribution >= 0.6 is 0 Å². The first-order valence-electron chi connectivity index (χ1n) is 7.11. The highest BCUT2D eigenvalue weighted by atomic mass is 16.3. The van der Waals surface area contributed by atoms with Crippen molar-refractivity contribution < 1.29 is 9.90 Å². The topological polar surface area (TPSA) is 43.8 Å². The number of carbonyl (C=O) groups excluding carboxylic acids is 1. The Morgan fingerprint density at radius 2 is 1.89 bits per heavy atom. The van der Waals surface area contributed by atoms with E-state index >= 15 is 0 Å². The van der Waals surface area contributed by atoms with Gasteiger partial charge in [-0.2, -0.15) is 0 Å². The third kappa shape index (κ3) is 2.54. The van der Waals surface area contributed by atoms with Crippen LogP contribution in [0.2, 0.25) is 0 Å². The Bertz CT molecular complexity index is 317. The van der Waals surface area contributed by atoms with Gasteiger partial charge < -0.3 is 14.9 Å². The van der Waals surface area contributed by atoms with E-state index in [1.54, 1.807) is 0 Å². The molecule has 4 nitrogen and oxygen atoms in total. The van der Waals surface area contributed by atoms with Gasteiger partial charge in [-0.25, -0.2) is 0 Å². The molecule has 2 aliphatic heterocycles. The molecule has 2 aliphatic rings. The second-order valence-corrected chi connectivity index (χ2v) is 6.40. The molecule has 0 aliphatic carbocycles. The lowest BCUT2D eigenvalue weighted by Gasteiger charge is -2.47. The van der Waals surface area contributed by atoms with E-state index in [4.69, 9.17) is 0 Å². The number of likely N-dealkylation sites (tertiary alicyclic amines) is 2. The predicted molar refractivity (Wildman–Crippen MR) is 71.3 cm³/mol. The maximum absolute atomic E-state index is 12.6. The van der Waals surface area contributed by atoms with Crippen LogP contribution in [0.3, 0.4) is 0 Å². The minimum absolute atomic E-state index is 0.119. The van der Waals surface area contributed by atoms with Crippen molar-refractivity contribution in [3.05, 3.63) is 0 Å². The largest absolute Gasteiger partial charge is 0.391 e. The van der Waals surface area contributed by atoms with E-state index in [0.717, 1.165) is 45.3 Å². The van der Waals surface area contributed by atoms with E-state index in [2.05, 4.69) is 11.9 Å². The third-order valence-corrected chi connectivity index (χ3v) is 4.61. The monoisotopic (exact) mass is 254 g/mol. The van der Waals surface area contributed by atoms with E-state index in [-0.39, 0.29) is 11.8 Å². The minimum atomic E-state index is -0.411. The average Bonchev–Trinajstić information content (AvgIpc) is 2.32. The van der Waals surface area contributed by atoms with Gasteiger partial charge in [0.25, 0.3) is 0 Å². The van der Waals surface area contributed by atoms with Gasteiger partial charge in [-0.15, -0.1) is 0 Å². The molecule has 2 saturated heterocycles. The summed E-state index contributed by atoms with van der Waals surface area (Å²) in [6.07, 6.45) is 3.42. The molecule has 0 aromatic carbocycles. The molecule has 0 radical (unpaired) electrons. The smallest absolute Gasteiger partial charge is 0.227 e. The molecule has 2 fully saturated rings. The van der Waals surface area contributed by atoms with Crippen molar-refractivity contribution in [3.63, 3.8) is 0 Å². The van der Waals surface area contributed by atoms with E-state index in [9.17, 15) is 9.90 Å². The summed E-state index contributed by atoms with van der Waals surface area (Å²) in [4.78, 5) is 16.8. The lowest BCUT2D eigenvalue weighted by molar-refractivity contribution is -0.151. The van der Waals surface area contributed by atoms with Crippen LogP contribution in [-0.4, -0.2) is 59.1 Å². The van der Waals surface area contributed by atoms with Crippen molar-refractivity contribution in [2.75, 3.05) is 26.7 Å². The van der Waals surface area contributed by atoms with Gasteiger partial charge in [0.1, 0.15) is 0 Å². The van der Waals surface area contributed by atoms with Crippen LogP contribution in [0.25, 0.3) is 0 Å². The summed E-state index contributed by atoms with van der Waals surface area (Å²) in [7, 11) is 2.08. The molecular formula is C14H26N2O2. The number of carbonyl (C=O) groups is 1. The summed E-state index contributed by atoms with van der Waals surface area (Å²) in [6, 6.07) is 0. The van der Waals surface area contributed by atoms with E-state index in [1.165, 1.54) is 0 Å². The van der Waals surface area contributed by atoms with Crippen LogP contribution in [0.15, 0.2) is 0 Å². The van der Waals surface area contributed by atoms with Gasteiger partial charge in [0.05, 0.1) is 17.6 Å². The maximum atomic E-state index is 12.6. The number of rotatable bonds is 1. The Morgan fingerprint density at radius 1 is 1.22 bits per heavy atom. The lowest BCUT2D eigenvalue weighted by atomic mass is 9.85. The Balaban J connectivity index is 2.07. The number of aliphatic hydroxyl groups excluding tert-OH is 1. The van der Waals surface area contributed by atoms with E-state index in [0.29, 0.717) is 0 Å². The van der Waals surface area contributed by atoms with Crippen LogP contribution in [0.5, 0.6) is 0 Å². The first-order chi connectivity index (χ1) is 8.43. The molecule has 4 heteroatoms. The van der Waals surface area contributed by atoms with Crippen LogP contribution < -0.4 is 0 Å². The second kappa shape index (κ2) is 5.17. The molecule has 1 amide bonds. The SMILES string of the molecule is CN1CCCC(C(=O)N2CCCC(O)C2(C)C)C1. The zero-order valence-corrected chi connectivity index (χ0v) is 11.9. The number of piperidine rings is 2. The highest BCUT2D eigenvalue weighted by Gasteiger charge is 2.42. The van der Waals surface area contributed by atoms with Crippen LogP contribution in [0.1, 0.15) is 39.5 Å². The first kappa shape index (κ1) is 13.8. The van der Waals surface area contributed by atoms with Gasteiger partial charge in [0.2, 0.25) is 5.91 Å². The molecule has 104 valence electrons. The Kier molecular flexibility index (Phi) is 3.97. The molecule has 0 saturated carbocycles.